The molecule has 1 aromatic rings. The monoisotopic (exact) mass is 235 g/mol. The van der Waals surface area contributed by atoms with Crippen LogP contribution in [0.2, 0.25) is 0 Å². The molecule has 3 N–H and O–H groups in total. The summed E-state index contributed by atoms with van der Waals surface area (Å²) in [5.41, 5.74) is 5.17. The van der Waals surface area contributed by atoms with E-state index in [0.717, 1.165) is 38.2 Å². The maximum Gasteiger partial charge on any atom is 0.0637 e. The molecule has 1 saturated heterocycles. The van der Waals surface area contributed by atoms with Gasteiger partial charge in [0.15, 0.2) is 0 Å². The molecule has 0 aliphatic carbocycles. The standard InChI is InChI=1S/C13H21N3O/c1-10-3-2-6-15-13(10)12(16-14)9-11-4-7-17-8-5-11/h2-3,6,11-12,16H,4-5,7-9,14H2,1H3. The van der Waals surface area contributed by atoms with E-state index in [1.54, 1.807) is 0 Å². The number of aryl methyl sites for hydroxylation is 1. The molecule has 94 valence electrons. The van der Waals surface area contributed by atoms with Crippen molar-refractivity contribution in [2.45, 2.75) is 32.2 Å². The minimum atomic E-state index is 0.152. The van der Waals surface area contributed by atoms with Gasteiger partial charge in [-0.25, -0.2) is 0 Å². The Morgan fingerprint density at radius 3 is 2.94 bits per heavy atom. The van der Waals surface area contributed by atoms with Crippen LogP contribution in [0.1, 0.15) is 36.6 Å². The molecule has 4 heteroatoms. The van der Waals surface area contributed by atoms with Crippen LogP contribution in [0.15, 0.2) is 18.3 Å². The van der Waals surface area contributed by atoms with Crippen LogP contribution in [0.25, 0.3) is 0 Å². The molecule has 17 heavy (non-hydrogen) atoms. The van der Waals surface area contributed by atoms with Gasteiger partial charge in [0.25, 0.3) is 0 Å². The Balaban J connectivity index is 2.03. The van der Waals surface area contributed by atoms with Gasteiger partial charge in [0.05, 0.1) is 11.7 Å². The highest BCUT2D eigenvalue weighted by Gasteiger charge is 2.21. The van der Waals surface area contributed by atoms with Crippen molar-refractivity contribution >= 4 is 0 Å². The third-order valence-corrected chi connectivity index (χ3v) is 3.49. The van der Waals surface area contributed by atoms with Crippen LogP contribution in [0.3, 0.4) is 0 Å². The predicted molar refractivity (Wildman–Crippen MR) is 67.2 cm³/mol. The third kappa shape index (κ3) is 3.25. The molecule has 2 heterocycles. The molecule has 0 radical (unpaired) electrons. The molecule has 1 aromatic heterocycles. The maximum absolute atomic E-state index is 5.67. The summed E-state index contributed by atoms with van der Waals surface area (Å²) < 4.78 is 5.38. The Kier molecular flexibility index (Phi) is 4.48. The van der Waals surface area contributed by atoms with E-state index in [2.05, 4.69) is 23.4 Å². The van der Waals surface area contributed by atoms with Crippen LogP contribution in [-0.4, -0.2) is 18.2 Å². The number of nitrogens with zero attached hydrogens (tertiary/aromatic N) is 1. The van der Waals surface area contributed by atoms with Crippen molar-refractivity contribution < 1.29 is 4.74 Å². The molecule has 1 unspecified atom stereocenters. The van der Waals surface area contributed by atoms with Gasteiger partial charge in [-0.3, -0.25) is 16.3 Å². The molecule has 0 amide bonds. The van der Waals surface area contributed by atoms with Gasteiger partial charge in [-0.05, 0) is 43.7 Å². The van der Waals surface area contributed by atoms with Crippen molar-refractivity contribution in [3.05, 3.63) is 29.6 Å². The Hall–Kier alpha value is -0.970. The van der Waals surface area contributed by atoms with Gasteiger partial charge in [0.1, 0.15) is 0 Å². The lowest BCUT2D eigenvalue weighted by Gasteiger charge is -2.26. The first-order valence-electron chi connectivity index (χ1n) is 6.26. The predicted octanol–water partition coefficient (Wildman–Crippen LogP) is 1.71. The highest BCUT2D eigenvalue weighted by atomic mass is 16.5. The lowest BCUT2D eigenvalue weighted by Crippen LogP contribution is -2.32. The first-order valence-corrected chi connectivity index (χ1v) is 6.26. The largest absolute Gasteiger partial charge is 0.381 e. The van der Waals surface area contributed by atoms with Crippen molar-refractivity contribution in [2.75, 3.05) is 13.2 Å². The summed E-state index contributed by atoms with van der Waals surface area (Å²) in [6.45, 7) is 3.84. The molecule has 0 saturated carbocycles. The molecule has 1 aliphatic heterocycles. The molecular weight excluding hydrogens is 214 g/mol. The summed E-state index contributed by atoms with van der Waals surface area (Å²) in [5, 5.41) is 0. The van der Waals surface area contributed by atoms with E-state index in [0.29, 0.717) is 5.92 Å². The normalized spacial score (nSPS) is 19.2. The van der Waals surface area contributed by atoms with E-state index in [4.69, 9.17) is 10.6 Å². The summed E-state index contributed by atoms with van der Waals surface area (Å²) >= 11 is 0. The summed E-state index contributed by atoms with van der Waals surface area (Å²) in [7, 11) is 0. The number of rotatable bonds is 4. The second-order valence-corrected chi connectivity index (χ2v) is 4.72. The summed E-state index contributed by atoms with van der Waals surface area (Å²) in [6, 6.07) is 4.19. The van der Waals surface area contributed by atoms with E-state index in [1.807, 2.05) is 12.3 Å². The van der Waals surface area contributed by atoms with Crippen molar-refractivity contribution in [2.24, 2.45) is 11.8 Å². The molecule has 2 rings (SSSR count). The smallest absolute Gasteiger partial charge is 0.0637 e. The zero-order chi connectivity index (χ0) is 12.1. The average Bonchev–Trinajstić information content (AvgIpc) is 2.38. The molecule has 4 nitrogen and oxygen atoms in total. The second-order valence-electron chi connectivity index (χ2n) is 4.72. The fraction of sp³-hybridized carbons (Fsp3) is 0.615. The molecule has 1 atom stereocenters. The fourth-order valence-corrected chi connectivity index (χ4v) is 2.44. The van der Waals surface area contributed by atoms with E-state index < -0.39 is 0 Å². The zero-order valence-electron chi connectivity index (χ0n) is 10.4. The van der Waals surface area contributed by atoms with Gasteiger partial charge in [-0.15, -0.1) is 0 Å². The number of hydrogen-bond acceptors (Lipinski definition) is 4. The summed E-state index contributed by atoms with van der Waals surface area (Å²) in [5.74, 6) is 6.36. The van der Waals surface area contributed by atoms with Crippen molar-refractivity contribution in [1.29, 1.82) is 0 Å². The highest BCUT2D eigenvalue weighted by molar-refractivity contribution is 5.21. The van der Waals surface area contributed by atoms with Crippen LogP contribution in [0, 0.1) is 12.8 Å². The number of ether oxygens (including phenoxy) is 1. The van der Waals surface area contributed by atoms with E-state index in [9.17, 15) is 0 Å². The first-order chi connectivity index (χ1) is 8.31. The van der Waals surface area contributed by atoms with Gasteiger partial charge < -0.3 is 4.74 Å². The van der Waals surface area contributed by atoms with Crippen LogP contribution in [0.4, 0.5) is 0 Å². The Morgan fingerprint density at radius 1 is 1.53 bits per heavy atom. The number of nitrogens with one attached hydrogen (secondary N) is 1. The number of aromatic nitrogens is 1. The number of pyridine rings is 1. The van der Waals surface area contributed by atoms with E-state index >= 15 is 0 Å². The van der Waals surface area contributed by atoms with Gasteiger partial charge >= 0.3 is 0 Å². The van der Waals surface area contributed by atoms with Crippen molar-refractivity contribution in [1.82, 2.24) is 10.4 Å². The van der Waals surface area contributed by atoms with E-state index in [1.165, 1.54) is 5.56 Å². The number of hydrazine groups is 1. The lowest BCUT2D eigenvalue weighted by molar-refractivity contribution is 0.0603. The SMILES string of the molecule is Cc1cccnc1C(CC1CCOCC1)NN. The zero-order valence-corrected chi connectivity index (χ0v) is 10.4. The second kappa shape index (κ2) is 6.10. The third-order valence-electron chi connectivity index (χ3n) is 3.49. The average molecular weight is 235 g/mol. The van der Waals surface area contributed by atoms with Crippen LogP contribution in [-0.2, 0) is 4.74 Å². The van der Waals surface area contributed by atoms with Crippen LogP contribution in [0.5, 0.6) is 0 Å². The molecule has 1 fully saturated rings. The highest BCUT2D eigenvalue weighted by Crippen LogP contribution is 2.27. The minimum absolute atomic E-state index is 0.152. The van der Waals surface area contributed by atoms with Gasteiger partial charge in [-0.2, -0.15) is 0 Å². The number of nitrogens with two attached hydrogens (primary N) is 1. The van der Waals surface area contributed by atoms with Crippen LogP contribution >= 0.6 is 0 Å². The Labute approximate surface area is 103 Å². The summed E-state index contributed by atoms with van der Waals surface area (Å²) in [6.07, 6.45) is 5.13. The molecule has 0 bridgehead atoms. The lowest BCUT2D eigenvalue weighted by atomic mass is 9.90. The minimum Gasteiger partial charge on any atom is -0.381 e. The first kappa shape index (κ1) is 12.5. The Morgan fingerprint density at radius 2 is 2.29 bits per heavy atom. The summed E-state index contributed by atoms with van der Waals surface area (Å²) in [4.78, 5) is 4.44. The molecule has 1 aliphatic rings. The molecule has 0 aromatic carbocycles. The topological polar surface area (TPSA) is 60.2 Å². The Bertz CT molecular complexity index is 350. The van der Waals surface area contributed by atoms with Gasteiger partial charge in [-0.1, -0.05) is 6.07 Å². The number of hydrogen-bond donors (Lipinski definition) is 2. The quantitative estimate of drug-likeness (QED) is 0.616. The van der Waals surface area contributed by atoms with E-state index in [-0.39, 0.29) is 6.04 Å². The van der Waals surface area contributed by atoms with Gasteiger partial charge in [0.2, 0.25) is 0 Å². The maximum atomic E-state index is 5.67. The molecule has 0 spiro atoms. The van der Waals surface area contributed by atoms with Crippen LogP contribution < -0.4 is 11.3 Å². The van der Waals surface area contributed by atoms with Gasteiger partial charge in [0, 0.05) is 19.4 Å². The fourth-order valence-electron chi connectivity index (χ4n) is 2.44. The molecular formula is C13H21N3O. The van der Waals surface area contributed by atoms with Crippen molar-refractivity contribution in [3.63, 3.8) is 0 Å². The van der Waals surface area contributed by atoms with Crippen molar-refractivity contribution in [3.8, 4) is 0 Å².